The van der Waals surface area contributed by atoms with Gasteiger partial charge in [-0.1, -0.05) is 6.07 Å². The van der Waals surface area contributed by atoms with E-state index in [4.69, 9.17) is 23.7 Å². The molecule has 0 atom stereocenters. The van der Waals surface area contributed by atoms with Crippen LogP contribution in [0.15, 0.2) is 30.5 Å². The number of benzene rings is 2. The topological polar surface area (TPSA) is 59.0 Å². The van der Waals surface area contributed by atoms with Gasteiger partial charge in [-0.25, -0.2) is 0 Å². The van der Waals surface area contributed by atoms with Gasteiger partial charge in [-0.05, 0) is 23.6 Å². The van der Waals surface area contributed by atoms with Gasteiger partial charge < -0.3 is 23.7 Å². The standard InChI is InChI=1S/C19H15NO5/c1-21-13-4-3-11-7-12-15-10(5-6-20-12)8-14-18(24-9-23-14)19(15)25-16(11)17(13)22-2/h3-6,8H,7,9H2,1-2H3. The van der Waals surface area contributed by atoms with Crippen LogP contribution in [0.5, 0.6) is 34.5 Å². The number of fused-ring (bicyclic) bond motifs is 3. The molecule has 0 N–H and O–H groups in total. The quantitative estimate of drug-likeness (QED) is 0.556. The fraction of sp³-hybridized carbons (Fsp3) is 0.211. The van der Waals surface area contributed by atoms with Gasteiger partial charge in [-0.15, -0.1) is 0 Å². The van der Waals surface area contributed by atoms with E-state index in [0.717, 1.165) is 22.0 Å². The van der Waals surface area contributed by atoms with Crippen molar-refractivity contribution in [2.45, 2.75) is 6.42 Å². The molecule has 0 aliphatic carbocycles. The Labute approximate surface area is 143 Å². The molecule has 0 radical (unpaired) electrons. The second-order valence-electron chi connectivity index (χ2n) is 5.86. The molecular formula is C19H15NO5. The average molecular weight is 337 g/mol. The molecule has 0 fully saturated rings. The second-order valence-corrected chi connectivity index (χ2v) is 5.86. The molecule has 1 aromatic heterocycles. The van der Waals surface area contributed by atoms with E-state index in [1.54, 1.807) is 20.4 Å². The van der Waals surface area contributed by atoms with E-state index in [0.29, 0.717) is 40.9 Å². The van der Waals surface area contributed by atoms with Gasteiger partial charge in [-0.3, -0.25) is 4.98 Å². The Hall–Kier alpha value is -3.15. The van der Waals surface area contributed by atoms with Crippen LogP contribution < -0.4 is 23.7 Å². The lowest BCUT2D eigenvalue weighted by Crippen LogP contribution is -1.98. The number of pyridine rings is 1. The Morgan fingerprint density at radius 3 is 2.76 bits per heavy atom. The molecule has 2 aliphatic rings. The number of hydrogen-bond acceptors (Lipinski definition) is 6. The Bertz CT molecular complexity index is 1010. The lowest BCUT2D eigenvalue weighted by atomic mass is 10.0. The van der Waals surface area contributed by atoms with E-state index in [1.807, 2.05) is 24.3 Å². The molecule has 126 valence electrons. The van der Waals surface area contributed by atoms with Crippen molar-refractivity contribution in [1.82, 2.24) is 4.98 Å². The first-order valence-corrected chi connectivity index (χ1v) is 7.92. The molecular weight excluding hydrogens is 322 g/mol. The normalized spacial score (nSPS) is 13.8. The Morgan fingerprint density at radius 2 is 1.92 bits per heavy atom. The second kappa shape index (κ2) is 5.17. The smallest absolute Gasteiger partial charge is 0.231 e. The summed E-state index contributed by atoms with van der Waals surface area (Å²) in [6.07, 6.45) is 2.43. The predicted molar refractivity (Wildman–Crippen MR) is 90.3 cm³/mol. The predicted octanol–water partition coefficient (Wildman–Crippen LogP) is 3.68. The third kappa shape index (κ3) is 1.94. The monoisotopic (exact) mass is 337 g/mol. The molecule has 5 rings (SSSR count). The highest BCUT2D eigenvalue weighted by Crippen LogP contribution is 2.53. The van der Waals surface area contributed by atoms with Crippen LogP contribution in [0.25, 0.3) is 10.8 Å². The van der Waals surface area contributed by atoms with Crippen LogP contribution in [0, 0.1) is 0 Å². The summed E-state index contributed by atoms with van der Waals surface area (Å²) in [4.78, 5) is 4.57. The minimum absolute atomic E-state index is 0.173. The van der Waals surface area contributed by atoms with Crippen molar-refractivity contribution in [3.63, 3.8) is 0 Å². The van der Waals surface area contributed by atoms with Gasteiger partial charge >= 0.3 is 0 Å². The summed E-state index contributed by atoms with van der Waals surface area (Å²) in [7, 11) is 3.20. The fourth-order valence-corrected chi connectivity index (χ4v) is 3.44. The lowest BCUT2D eigenvalue weighted by Gasteiger charge is -2.16. The van der Waals surface area contributed by atoms with Crippen LogP contribution in [-0.4, -0.2) is 26.0 Å². The third-order valence-electron chi connectivity index (χ3n) is 4.57. The molecule has 2 aliphatic heterocycles. The number of methoxy groups -OCH3 is 2. The average Bonchev–Trinajstić information content (AvgIpc) is 3.03. The summed E-state index contributed by atoms with van der Waals surface area (Å²) in [5, 5.41) is 1.94. The van der Waals surface area contributed by atoms with Crippen LogP contribution in [0.2, 0.25) is 0 Å². The van der Waals surface area contributed by atoms with Crippen molar-refractivity contribution >= 4 is 10.8 Å². The molecule has 0 spiro atoms. The molecule has 6 heteroatoms. The molecule has 0 bridgehead atoms. The SMILES string of the molecule is COc1ccc2c(c1OC)Oc1c3c(cc4ccnc(c14)C2)OCO3. The molecule has 0 amide bonds. The maximum Gasteiger partial charge on any atom is 0.231 e. The van der Waals surface area contributed by atoms with Crippen molar-refractivity contribution in [3.05, 3.63) is 41.7 Å². The van der Waals surface area contributed by atoms with E-state index >= 15 is 0 Å². The number of rotatable bonds is 2. The zero-order valence-corrected chi connectivity index (χ0v) is 13.8. The van der Waals surface area contributed by atoms with Crippen LogP contribution in [0.4, 0.5) is 0 Å². The van der Waals surface area contributed by atoms with Crippen molar-refractivity contribution < 1.29 is 23.7 Å². The number of ether oxygens (including phenoxy) is 5. The summed E-state index contributed by atoms with van der Waals surface area (Å²) in [6.45, 7) is 0.173. The van der Waals surface area contributed by atoms with Crippen molar-refractivity contribution in [2.75, 3.05) is 21.0 Å². The van der Waals surface area contributed by atoms with Crippen molar-refractivity contribution in [2.24, 2.45) is 0 Å². The zero-order valence-electron chi connectivity index (χ0n) is 13.8. The maximum atomic E-state index is 6.33. The van der Waals surface area contributed by atoms with Gasteiger partial charge in [0, 0.05) is 18.2 Å². The third-order valence-corrected chi connectivity index (χ3v) is 4.57. The highest BCUT2D eigenvalue weighted by molar-refractivity contribution is 5.96. The summed E-state index contributed by atoms with van der Waals surface area (Å²) in [5.74, 6) is 3.66. The Morgan fingerprint density at radius 1 is 1.00 bits per heavy atom. The van der Waals surface area contributed by atoms with E-state index in [2.05, 4.69) is 4.98 Å². The van der Waals surface area contributed by atoms with E-state index in [-0.39, 0.29) is 6.79 Å². The maximum absolute atomic E-state index is 6.33. The molecule has 3 heterocycles. The Kier molecular flexibility index (Phi) is 2.94. The molecule has 6 nitrogen and oxygen atoms in total. The molecule has 3 aromatic rings. The molecule has 0 saturated carbocycles. The van der Waals surface area contributed by atoms with Crippen LogP contribution in [0.1, 0.15) is 11.3 Å². The summed E-state index contributed by atoms with van der Waals surface area (Å²) in [5.41, 5.74) is 1.90. The zero-order chi connectivity index (χ0) is 17.0. The summed E-state index contributed by atoms with van der Waals surface area (Å²) < 4.78 is 28.5. The van der Waals surface area contributed by atoms with Gasteiger partial charge in [-0.2, -0.15) is 0 Å². The van der Waals surface area contributed by atoms with Gasteiger partial charge in [0.15, 0.2) is 23.0 Å². The van der Waals surface area contributed by atoms with Crippen LogP contribution in [0.3, 0.4) is 0 Å². The number of aromatic nitrogens is 1. The van der Waals surface area contributed by atoms with Gasteiger partial charge in [0.25, 0.3) is 0 Å². The number of hydrogen-bond donors (Lipinski definition) is 0. The molecule has 0 unspecified atom stereocenters. The highest BCUT2D eigenvalue weighted by atomic mass is 16.7. The first kappa shape index (κ1) is 14.2. The van der Waals surface area contributed by atoms with Crippen molar-refractivity contribution in [1.29, 1.82) is 0 Å². The highest BCUT2D eigenvalue weighted by Gasteiger charge is 2.30. The van der Waals surface area contributed by atoms with E-state index < -0.39 is 0 Å². The minimum atomic E-state index is 0.173. The number of nitrogens with zero attached hydrogens (tertiary/aromatic N) is 1. The van der Waals surface area contributed by atoms with Gasteiger partial charge in [0.2, 0.25) is 18.3 Å². The molecule has 25 heavy (non-hydrogen) atoms. The van der Waals surface area contributed by atoms with Crippen LogP contribution >= 0.6 is 0 Å². The van der Waals surface area contributed by atoms with E-state index in [1.165, 1.54) is 0 Å². The lowest BCUT2D eigenvalue weighted by molar-refractivity contribution is 0.172. The largest absolute Gasteiger partial charge is 0.493 e. The first-order valence-electron chi connectivity index (χ1n) is 7.92. The first-order chi connectivity index (χ1) is 12.3. The molecule has 2 aromatic carbocycles. The summed E-state index contributed by atoms with van der Waals surface area (Å²) >= 11 is 0. The minimum Gasteiger partial charge on any atom is -0.493 e. The Balaban J connectivity index is 1.84. The van der Waals surface area contributed by atoms with Gasteiger partial charge in [0.1, 0.15) is 0 Å². The fourth-order valence-electron chi connectivity index (χ4n) is 3.44. The van der Waals surface area contributed by atoms with Crippen molar-refractivity contribution in [3.8, 4) is 34.5 Å². The van der Waals surface area contributed by atoms with E-state index in [9.17, 15) is 0 Å². The molecule has 0 saturated heterocycles. The van der Waals surface area contributed by atoms with Gasteiger partial charge in [0.05, 0.1) is 25.3 Å². The summed E-state index contributed by atoms with van der Waals surface area (Å²) in [6, 6.07) is 7.76. The van der Waals surface area contributed by atoms with Crippen LogP contribution in [-0.2, 0) is 6.42 Å².